The number of phenolic OH excluding ortho intramolecular Hbond substituents is 1. The van der Waals surface area contributed by atoms with E-state index in [-0.39, 0.29) is 17.1 Å². The Morgan fingerprint density at radius 3 is 2.83 bits per heavy atom. The fourth-order valence-electron chi connectivity index (χ4n) is 1.54. The topological polar surface area (TPSA) is 76.3 Å². The highest BCUT2D eigenvalue weighted by atomic mass is 16.5. The summed E-state index contributed by atoms with van der Waals surface area (Å²) < 4.78 is 0.474. The fraction of sp³-hybridized carbons (Fsp3) is 0.0769. The van der Waals surface area contributed by atoms with Gasteiger partial charge in [0.15, 0.2) is 6.20 Å². The summed E-state index contributed by atoms with van der Waals surface area (Å²) in [5.74, 6) is -0.603. The van der Waals surface area contributed by atoms with E-state index >= 15 is 0 Å². The van der Waals surface area contributed by atoms with Crippen LogP contribution in [0.15, 0.2) is 42.6 Å². The summed E-state index contributed by atoms with van der Waals surface area (Å²) in [6.07, 6.45) is 1.24. The number of nitrogens with zero attached hydrogens (tertiary/aromatic N) is 1. The van der Waals surface area contributed by atoms with Gasteiger partial charge in [-0.3, -0.25) is 4.79 Å². The molecule has 2 aromatic rings. The second-order valence-corrected chi connectivity index (χ2v) is 3.89. The Labute approximate surface area is 104 Å². The van der Waals surface area contributed by atoms with Gasteiger partial charge in [-0.05, 0) is 30.7 Å². The summed E-state index contributed by atoms with van der Waals surface area (Å²) in [6, 6.07) is 9.39. The van der Waals surface area contributed by atoms with Crippen LogP contribution in [-0.2, 0) is 0 Å². The Kier molecular flexibility index (Phi) is 3.14. The summed E-state index contributed by atoms with van der Waals surface area (Å²) in [5, 5.41) is 23.5. The molecule has 0 fully saturated rings. The van der Waals surface area contributed by atoms with Crippen LogP contribution in [0.5, 0.6) is 5.75 Å². The molecule has 1 aromatic carbocycles. The minimum atomic E-state index is -0.563. The van der Waals surface area contributed by atoms with E-state index in [0.717, 1.165) is 5.56 Å². The molecule has 2 rings (SSSR count). The number of pyridine rings is 1. The van der Waals surface area contributed by atoms with Gasteiger partial charge in [0.1, 0.15) is 5.75 Å². The van der Waals surface area contributed by atoms with Gasteiger partial charge in [0.25, 0.3) is 5.69 Å². The lowest BCUT2D eigenvalue weighted by molar-refractivity contribution is -0.607. The lowest BCUT2D eigenvalue weighted by Crippen LogP contribution is -2.36. The van der Waals surface area contributed by atoms with Gasteiger partial charge in [-0.25, -0.2) is 0 Å². The van der Waals surface area contributed by atoms with Crippen LogP contribution in [0.2, 0.25) is 0 Å². The highest BCUT2D eigenvalue weighted by Crippen LogP contribution is 2.24. The summed E-state index contributed by atoms with van der Waals surface area (Å²) in [6.45, 7) is 1.84. The maximum Gasteiger partial charge on any atom is 0.321 e. The fourth-order valence-corrected chi connectivity index (χ4v) is 1.54. The van der Waals surface area contributed by atoms with E-state index in [1.165, 1.54) is 24.4 Å². The number of amides is 1. The molecule has 5 heteroatoms. The molecule has 0 bridgehead atoms. The third-order valence-corrected chi connectivity index (χ3v) is 2.46. The summed E-state index contributed by atoms with van der Waals surface area (Å²) >= 11 is 0. The first-order valence-corrected chi connectivity index (χ1v) is 5.37. The van der Waals surface area contributed by atoms with Gasteiger partial charge in [-0.15, -0.1) is 0 Å². The van der Waals surface area contributed by atoms with Crippen molar-refractivity contribution in [2.45, 2.75) is 6.92 Å². The zero-order valence-corrected chi connectivity index (χ0v) is 9.75. The number of carbonyl (C=O) groups excluding carboxylic acids is 1. The highest BCUT2D eigenvalue weighted by Gasteiger charge is 2.16. The smallest absolute Gasteiger partial charge is 0.321 e. The number of nitrogens with one attached hydrogen (secondary N) is 1. The summed E-state index contributed by atoms with van der Waals surface area (Å²) in [5.41, 5.74) is 1.15. The summed E-state index contributed by atoms with van der Waals surface area (Å²) in [4.78, 5) is 11.9. The van der Waals surface area contributed by atoms with Gasteiger partial charge in [-0.2, -0.15) is 4.73 Å². The van der Waals surface area contributed by atoms with Crippen LogP contribution in [0.1, 0.15) is 16.1 Å². The molecule has 0 spiro atoms. The lowest BCUT2D eigenvalue weighted by atomic mass is 10.2. The highest BCUT2D eigenvalue weighted by molar-refractivity contribution is 6.02. The molecule has 0 atom stereocenters. The molecule has 1 amide bonds. The zero-order chi connectivity index (χ0) is 13.1. The Morgan fingerprint density at radius 1 is 1.33 bits per heavy atom. The molecule has 1 heterocycles. The Bertz CT molecular complexity index is 597. The molecule has 5 nitrogen and oxygen atoms in total. The van der Waals surface area contributed by atoms with Crippen molar-refractivity contribution in [3.8, 4) is 5.75 Å². The second-order valence-electron chi connectivity index (χ2n) is 3.89. The molecule has 0 aliphatic rings. The monoisotopic (exact) mass is 244 g/mol. The maximum absolute atomic E-state index is 11.9. The van der Waals surface area contributed by atoms with Crippen molar-refractivity contribution in [1.29, 1.82) is 0 Å². The maximum atomic E-state index is 11.9. The Morgan fingerprint density at radius 2 is 2.11 bits per heavy atom. The number of hydrogen-bond donors (Lipinski definition) is 2. The Hall–Kier alpha value is -2.56. The first-order valence-electron chi connectivity index (χ1n) is 5.37. The van der Waals surface area contributed by atoms with Crippen LogP contribution in [0.3, 0.4) is 0 Å². The van der Waals surface area contributed by atoms with E-state index in [0.29, 0.717) is 4.73 Å². The minimum Gasteiger partial charge on any atom is -0.618 e. The third kappa shape index (κ3) is 2.40. The van der Waals surface area contributed by atoms with E-state index < -0.39 is 5.91 Å². The standard InChI is InChI=1S/C13H12N2O3/c1-9-5-6-12(16)10(8-9)14-13(17)11-4-2-3-7-15(11)18/h2-8,16H,1H3,(H,14,17). The van der Waals surface area contributed by atoms with Crippen molar-refractivity contribution in [3.05, 3.63) is 59.1 Å². The van der Waals surface area contributed by atoms with Gasteiger partial charge < -0.3 is 15.6 Å². The predicted octanol–water partition coefficient (Wildman–Crippen LogP) is 1.59. The number of aryl methyl sites for hydroxylation is 1. The molecule has 18 heavy (non-hydrogen) atoms. The first kappa shape index (κ1) is 11.9. The van der Waals surface area contributed by atoms with Crippen molar-refractivity contribution < 1.29 is 14.6 Å². The average molecular weight is 244 g/mol. The molecule has 0 aliphatic carbocycles. The number of benzene rings is 1. The third-order valence-electron chi connectivity index (χ3n) is 2.46. The zero-order valence-electron chi connectivity index (χ0n) is 9.75. The molecule has 2 N–H and O–H groups in total. The van der Waals surface area contributed by atoms with Crippen LogP contribution in [0.25, 0.3) is 0 Å². The molecule has 0 saturated heterocycles. The molecule has 0 aliphatic heterocycles. The Balaban J connectivity index is 2.27. The number of carbonyl (C=O) groups is 1. The van der Waals surface area contributed by atoms with Crippen LogP contribution < -0.4 is 10.0 Å². The van der Waals surface area contributed by atoms with Gasteiger partial charge >= 0.3 is 5.91 Å². The predicted molar refractivity (Wildman–Crippen MR) is 66.2 cm³/mol. The number of hydrogen-bond acceptors (Lipinski definition) is 3. The quantitative estimate of drug-likeness (QED) is 0.478. The molecule has 0 radical (unpaired) electrons. The molecular weight excluding hydrogens is 232 g/mol. The minimum absolute atomic E-state index is 0.0293. The van der Waals surface area contributed by atoms with Gasteiger partial charge in [0.05, 0.1) is 5.69 Å². The van der Waals surface area contributed by atoms with Crippen molar-refractivity contribution in [1.82, 2.24) is 0 Å². The summed E-state index contributed by atoms with van der Waals surface area (Å²) in [7, 11) is 0. The van der Waals surface area contributed by atoms with E-state index in [2.05, 4.69) is 5.32 Å². The van der Waals surface area contributed by atoms with Crippen LogP contribution >= 0.6 is 0 Å². The number of aromatic nitrogens is 1. The number of phenols is 1. The first-order chi connectivity index (χ1) is 8.58. The van der Waals surface area contributed by atoms with Crippen LogP contribution in [0, 0.1) is 12.1 Å². The second kappa shape index (κ2) is 4.75. The number of aromatic hydroxyl groups is 1. The average Bonchev–Trinajstić information content (AvgIpc) is 2.34. The van der Waals surface area contributed by atoms with E-state index in [1.807, 2.05) is 6.92 Å². The molecule has 92 valence electrons. The van der Waals surface area contributed by atoms with E-state index in [4.69, 9.17) is 0 Å². The molecular formula is C13H12N2O3. The van der Waals surface area contributed by atoms with E-state index in [9.17, 15) is 15.1 Å². The number of rotatable bonds is 2. The van der Waals surface area contributed by atoms with E-state index in [1.54, 1.807) is 18.2 Å². The van der Waals surface area contributed by atoms with Crippen molar-refractivity contribution >= 4 is 11.6 Å². The van der Waals surface area contributed by atoms with Crippen LogP contribution in [0.4, 0.5) is 5.69 Å². The van der Waals surface area contributed by atoms with Gasteiger partial charge in [0.2, 0.25) is 0 Å². The van der Waals surface area contributed by atoms with Crippen molar-refractivity contribution in [2.75, 3.05) is 5.32 Å². The molecule has 0 saturated carbocycles. The van der Waals surface area contributed by atoms with Crippen molar-refractivity contribution in [3.63, 3.8) is 0 Å². The number of anilines is 1. The van der Waals surface area contributed by atoms with Gasteiger partial charge in [-0.1, -0.05) is 6.07 Å². The van der Waals surface area contributed by atoms with Crippen LogP contribution in [-0.4, -0.2) is 11.0 Å². The normalized spacial score (nSPS) is 10.1. The molecule has 0 unspecified atom stereocenters. The SMILES string of the molecule is Cc1ccc(O)c(NC(=O)c2cccc[n+]2[O-])c1. The lowest BCUT2D eigenvalue weighted by Gasteiger charge is -2.08. The molecule has 1 aromatic heterocycles. The largest absolute Gasteiger partial charge is 0.618 e. The van der Waals surface area contributed by atoms with Gasteiger partial charge in [0, 0.05) is 12.1 Å². The van der Waals surface area contributed by atoms with Crippen molar-refractivity contribution in [2.24, 2.45) is 0 Å².